The summed E-state index contributed by atoms with van der Waals surface area (Å²) >= 11 is 0. The molecule has 13 heavy (non-hydrogen) atoms. The fourth-order valence-electron chi connectivity index (χ4n) is 1.11. The third-order valence-corrected chi connectivity index (χ3v) is 2.57. The molecule has 0 saturated heterocycles. The molecule has 4 N–H and O–H groups in total. The maximum absolute atomic E-state index is 11.0. The molecular formula is C8H12N2O2S. The summed E-state index contributed by atoms with van der Waals surface area (Å²) in [5.74, 6) is 0. The van der Waals surface area contributed by atoms with Gasteiger partial charge in [0.25, 0.3) is 0 Å². The molecular weight excluding hydrogens is 188 g/mol. The van der Waals surface area contributed by atoms with Gasteiger partial charge >= 0.3 is 0 Å². The van der Waals surface area contributed by atoms with E-state index in [0.29, 0.717) is 6.54 Å². The van der Waals surface area contributed by atoms with Crippen LogP contribution in [0.4, 0.5) is 0 Å². The van der Waals surface area contributed by atoms with Gasteiger partial charge < -0.3 is 5.73 Å². The zero-order valence-corrected chi connectivity index (χ0v) is 8.14. The van der Waals surface area contributed by atoms with Crippen molar-refractivity contribution < 1.29 is 8.42 Å². The van der Waals surface area contributed by atoms with Crippen LogP contribution >= 0.6 is 0 Å². The van der Waals surface area contributed by atoms with E-state index in [1.54, 1.807) is 6.92 Å². The quantitative estimate of drug-likeness (QED) is 0.710. The molecule has 1 aromatic rings. The van der Waals surface area contributed by atoms with E-state index in [4.69, 9.17) is 10.9 Å². The van der Waals surface area contributed by atoms with Crippen LogP contribution in [0.1, 0.15) is 11.1 Å². The molecule has 0 radical (unpaired) electrons. The fraction of sp³-hybridized carbons (Fsp3) is 0.250. The van der Waals surface area contributed by atoms with Gasteiger partial charge in [0.1, 0.15) is 0 Å². The van der Waals surface area contributed by atoms with Crippen molar-refractivity contribution in [1.29, 1.82) is 0 Å². The van der Waals surface area contributed by atoms with Crippen molar-refractivity contribution in [1.82, 2.24) is 0 Å². The first-order valence-electron chi connectivity index (χ1n) is 3.77. The maximum Gasteiger partial charge on any atom is 0.238 e. The monoisotopic (exact) mass is 200 g/mol. The number of hydrogen-bond donors (Lipinski definition) is 2. The van der Waals surface area contributed by atoms with Crippen molar-refractivity contribution in [2.75, 3.05) is 0 Å². The van der Waals surface area contributed by atoms with Gasteiger partial charge in [-0.3, -0.25) is 0 Å². The Morgan fingerprint density at radius 2 is 1.92 bits per heavy atom. The Labute approximate surface area is 77.6 Å². The molecule has 1 rings (SSSR count). The van der Waals surface area contributed by atoms with Crippen LogP contribution in [0.5, 0.6) is 0 Å². The SMILES string of the molecule is Cc1cc(CN)cc(S(N)(=O)=O)c1. The highest BCUT2D eigenvalue weighted by molar-refractivity contribution is 7.89. The largest absolute Gasteiger partial charge is 0.326 e. The van der Waals surface area contributed by atoms with Gasteiger partial charge in [-0.25, -0.2) is 13.6 Å². The average molecular weight is 200 g/mol. The van der Waals surface area contributed by atoms with Gasteiger partial charge in [0, 0.05) is 6.54 Å². The van der Waals surface area contributed by atoms with Gasteiger partial charge in [-0.2, -0.15) is 0 Å². The zero-order valence-electron chi connectivity index (χ0n) is 7.32. The van der Waals surface area contributed by atoms with E-state index in [0.717, 1.165) is 11.1 Å². The van der Waals surface area contributed by atoms with E-state index < -0.39 is 10.0 Å². The minimum absolute atomic E-state index is 0.118. The molecule has 0 unspecified atom stereocenters. The minimum atomic E-state index is -3.61. The fourth-order valence-corrected chi connectivity index (χ4v) is 1.77. The second-order valence-corrected chi connectivity index (χ2v) is 4.46. The number of nitrogens with two attached hydrogens (primary N) is 2. The van der Waals surface area contributed by atoms with Crippen LogP contribution in [-0.2, 0) is 16.6 Å². The van der Waals surface area contributed by atoms with E-state index in [-0.39, 0.29) is 4.90 Å². The van der Waals surface area contributed by atoms with Crippen molar-refractivity contribution in [2.45, 2.75) is 18.4 Å². The second-order valence-electron chi connectivity index (χ2n) is 2.90. The van der Waals surface area contributed by atoms with Gasteiger partial charge in [-0.1, -0.05) is 6.07 Å². The van der Waals surface area contributed by atoms with Gasteiger partial charge in [-0.15, -0.1) is 0 Å². The Bertz CT molecular complexity index is 412. The van der Waals surface area contributed by atoms with Crippen LogP contribution in [0.3, 0.4) is 0 Å². The van der Waals surface area contributed by atoms with E-state index in [1.165, 1.54) is 12.1 Å². The highest BCUT2D eigenvalue weighted by Gasteiger charge is 2.08. The number of rotatable bonds is 2. The lowest BCUT2D eigenvalue weighted by Gasteiger charge is -2.03. The lowest BCUT2D eigenvalue weighted by molar-refractivity contribution is 0.597. The highest BCUT2D eigenvalue weighted by atomic mass is 32.2. The first-order valence-corrected chi connectivity index (χ1v) is 5.31. The molecule has 1 aromatic carbocycles. The number of sulfonamides is 1. The zero-order chi connectivity index (χ0) is 10.1. The minimum Gasteiger partial charge on any atom is -0.326 e. The Balaban J connectivity index is 3.33. The molecule has 0 spiro atoms. The molecule has 4 nitrogen and oxygen atoms in total. The Hall–Kier alpha value is -0.910. The molecule has 0 fully saturated rings. The van der Waals surface area contributed by atoms with Crippen LogP contribution < -0.4 is 10.9 Å². The van der Waals surface area contributed by atoms with Crippen LogP contribution in [0.2, 0.25) is 0 Å². The van der Waals surface area contributed by atoms with Gasteiger partial charge in [0.05, 0.1) is 4.90 Å². The van der Waals surface area contributed by atoms with E-state index in [1.807, 2.05) is 6.07 Å². The van der Waals surface area contributed by atoms with E-state index in [2.05, 4.69) is 0 Å². The number of hydrogen-bond acceptors (Lipinski definition) is 3. The predicted molar refractivity (Wildman–Crippen MR) is 50.4 cm³/mol. The Morgan fingerprint density at radius 1 is 1.31 bits per heavy atom. The van der Waals surface area contributed by atoms with Crippen LogP contribution in [0, 0.1) is 6.92 Å². The van der Waals surface area contributed by atoms with Crippen LogP contribution in [0.15, 0.2) is 23.1 Å². The molecule has 0 aliphatic carbocycles. The van der Waals surface area contributed by atoms with Crippen LogP contribution in [-0.4, -0.2) is 8.42 Å². The summed E-state index contributed by atoms with van der Waals surface area (Å²) in [4.78, 5) is 0.118. The second kappa shape index (κ2) is 3.45. The van der Waals surface area contributed by atoms with Crippen molar-refractivity contribution in [3.63, 3.8) is 0 Å². The molecule has 0 amide bonds. The third-order valence-electron chi connectivity index (χ3n) is 1.67. The summed E-state index contributed by atoms with van der Waals surface area (Å²) in [5.41, 5.74) is 7.00. The van der Waals surface area contributed by atoms with Crippen molar-refractivity contribution in [3.05, 3.63) is 29.3 Å². The molecule has 0 aromatic heterocycles. The smallest absolute Gasteiger partial charge is 0.238 e. The van der Waals surface area contributed by atoms with Gasteiger partial charge in [0.2, 0.25) is 10.0 Å². The first-order chi connectivity index (χ1) is 5.93. The molecule has 5 heteroatoms. The molecule has 0 atom stereocenters. The standard InChI is InChI=1S/C8H12N2O2S/c1-6-2-7(5-9)4-8(3-6)13(10,11)12/h2-4H,5,9H2,1H3,(H2,10,11,12). The normalized spacial score (nSPS) is 11.6. The lowest BCUT2D eigenvalue weighted by Crippen LogP contribution is -2.13. The van der Waals surface area contributed by atoms with Crippen molar-refractivity contribution in [2.24, 2.45) is 10.9 Å². The lowest BCUT2D eigenvalue weighted by atomic mass is 10.1. The van der Waals surface area contributed by atoms with Crippen molar-refractivity contribution >= 4 is 10.0 Å². The summed E-state index contributed by atoms with van der Waals surface area (Å²) in [6.07, 6.45) is 0. The summed E-state index contributed by atoms with van der Waals surface area (Å²) in [6.45, 7) is 2.11. The van der Waals surface area contributed by atoms with Crippen LogP contribution in [0.25, 0.3) is 0 Å². The molecule has 0 saturated carbocycles. The average Bonchev–Trinajstić information content (AvgIpc) is 2.01. The summed E-state index contributed by atoms with van der Waals surface area (Å²) in [6, 6.07) is 4.84. The Morgan fingerprint density at radius 3 is 2.38 bits per heavy atom. The Kier molecular flexibility index (Phi) is 2.70. The number of aryl methyl sites for hydroxylation is 1. The van der Waals surface area contributed by atoms with Crippen molar-refractivity contribution in [3.8, 4) is 0 Å². The number of benzene rings is 1. The van der Waals surface area contributed by atoms with E-state index >= 15 is 0 Å². The molecule has 0 aliphatic heterocycles. The molecule has 72 valence electrons. The molecule has 0 bridgehead atoms. The summed E-state index contributed by atoms with van der Waals surface area (Å²) < 4.78 is 22.0. The summed E-state index contributed by atoms with van der Waals surface area (Å²) in [5, 5.41) is 4.98. The molecule has 0 aliphatic rings. The first kappa shape index (κ1) is 10.2. The third kappa shape index (κ3) is 2.51. The van der Waals surface area contributed by atoms with Gasteiger partial charge in [0.15, 0.2) is 0 Å². The highest BCUT2D eigenvalue weighted by Crippen LogP contribution is 2.12. The number of primary sulfonamides is 1. The van der Waals surface area contributed by atoms with E-state index in [9.17, 15) is 8.42 Å². The maximum atomic E-state index is 11.0. The predicted octanol–water partition coefficient (Wildman–Crippen LogP) is 0.101. The topological polar surface area (TPSA) is 86.2 Å². The molecule has 0 heterocycles. The summed E-state index contributed by atoms with van der Waals surface area (Å²) in [7, 11) is -3.61. The van der Waals surface area contributed by atoms with Gasteiger partial charge in [-0.05, 0) is 30.2 Å².